The van der Waals surface area contributed by atoms with Crippen LogP contribution in [0.2, 0.25) is 0 Å². The van der Waals surface area contributed by atoms with Gasteiger partial charge in [-0.05, 0) is 42.7 Å². The normalized spacial score (nSPS) is 16.3. The van der Waals surface area contributed by atoms with Crippen molar-refractivity contribution in [2.24, 2.45) is 0 Å². The van der Waals surface area contributed by atoms with E-state index in [4.69, 9.17) is 4.74 Å². The molecule has 0 amide bonds. The molecule has 1 fully saturated rings. The number of rotatable bonds is 5. The molecule has 0 unspecified atom stereocenters. The van der Waals surface area contributed by atoms with Gasteiger partial charge in [0.15, 0.2) is 0 Å². The zero-order chi connectivity index (χ0) is 13.3. The predicted molar refractivity (Wildman–Crippen MR) is 82.3 cm³/mol. The minimum absolute atomic E-state index is 0.433. The maximum atomic E-state index is 5.30. The van der Waals surface area contributed by atoms with Gasteiger partial charge in [-0.2, -0.15) is 11.8 Å². The second kappa shape index (κ2) is 4.93. The summed E-state index contributed by atoms with van der Waals surface area (Å²) >= 11 is 1.96. The molecular weight excluding hydrogens is 256 g/mol. The number of ether oxygens (including phenoxy) is 1. The monoisotopic (exact) mass is 274 g/mol. The summed E-state index contributed by atoms with van der Waals surface area (Å²) in [6.07, 6.45) is 6.65. The second-order valence-corrected chi connectivity index (χ2v) is 6.26. The summed E-state index contributed by atoms with van der Waals surface area (Å²) < 4.78 is 5.73. The minimum Gasteiger partial charge on any atom is -0.497 e. The molecule has 1 N–H and O–H groups in total. The Morgan fingerprint density at radius 3 is 2.89 bits per heavy atom. The fourth-order valence-electron chi connectivity index (χ4n) is 2.25. The van der Waals surface area contributed by atoms with Crippen LogP contribution in [0.3, 0.4) is 0 Å². The van der Waals surface area contributed by atoms with Gasteiger partial charge in [-0.3, -0.25) is 0 Å². The number of aromatic nitrogens is 1. The summed E-state index contributed by atoms with van der Waals surface area (Å²) in [4.78, 5) is 4.47. The number of thioether (sulfide) groups is 1. The molecule has 4 heteroatoms. The van der Waals surface area contributed by atoms with E-state index >= 15 is 0 Å². The van der Waals surface area contributed by atoms with Gasteiger partial charge in [0.25, 0.3) is 0 Å². The first kappa shape index (κ1) is 12.6. The van der Waals surface area contributed by atoms with Gasteiger partial charge < -0.3 is 10.1 Å². The van der Waals surface area contributed by atoms with E-state index in [9.17, 15) is 0 Å². The lowest BCUT2D eigenvalue weighted by Crippen LogP contribution is -2.18. The van der Waals surface area contributed by atoms with Gasteiger partial charge in [-0.15, -0.1) is 0 Å². The van der Waals surface area contributed by atoms with Gasteiger partial charge in [0.2, 0.25) is 0 Å². The molecule has 0 radical (unpaired) electrons. The van der Waals surface area contributed by atoms with Crippen LogP contribution in [0.5, 0.6) is 5.75 Å². The molecule has 0 spiro atoms. The van der Waals surface area contributed by atoms with Crippen LogP contribution in [0.15, 0.2) is 30.5 Å². The number of anilines is 1. The third kappa shape index (κ3) is 2.50. The van der Waals surface area contributed by atoms with E-state index in [0.717, 1.165) is 23.5 Å². The summed E-state index contributed by atoms with van der Waals surface area (Å²) in [5.41, 5.74) is 0. The van der Waals surface area contributed by atoms with Crippen LogP contribution >= 0.6 is 11.8 Å². The number of hydrogen-bond acceptors (Lipinski definition) is 4. The van der Waals surface area contributed by atoms with Crippen molar-refractivity contribution in [3.05, 3.63) is 30.5 Å². The molecule has 3 nitrogen and oxygen atoms in total. The van der Waals surface area contributed by atoms with Crippen LogP contribution < -0.4 is 10.1 Å². The molecule has 0 saturated heterocycles. The highest BCUT2D eigenvalue weighted by atomic mass is 32.2. The quantitative estimate of drug-likeness (QED) is 0.904. The first-order valence-corrected chi connectivity index (χ1v) is 7.71. The van der Waals surface area contributed by atoms with Crippen molar-refractivity contribution in [3.63, 3.8) is 0 Å². The molecule has 3 rings (SSSR count). The van der Waals surface area contributed by atoms with Crippen LogP contribution in [0.25, 0.3) is 10.8 Å². The molecule has 19 heavy (non-hydrogen) atoms. The standard InChI is InChI=1S/C15H18N2OS/c1-18-12-4-3-11-5-8-16-14(13(11)9-12)17-10-15(19-2)6-7-15/h3-5,8-9H,6-7,10H2,1-2H3,(H,16,17). The summed E-state index contributed by atoms with van der Waals surface area (Å²) in [7, 11) is 1.69. The van der Waals surface area contributed by atoms with Crippen molar-refractivity contribution < 1.29 is 4.74 Å². The van der Waals surface area contributed by atoms with Crippen molar-refractivity contribution in [2.75, 3.05) is 25.2 Å². The Morgan fingerprint density at radius 2 is 2.21 bits per heavy atom. The molecule has 2 aromatic rings. The number of fused-ring (bicyclic) bond motifs is 1. The van der Waals surface area contributed by atoms with Gasteiger partial charge in [-0.25, -0.2) is 4.98 Å². The summed E-state index contributed by atoms with van der Waals surface area (Å²) in [5, 5.41) is 5.82. The number of hydrogen-bond donors (Lipinski definition) is 1. The van der Waals surface area contributed by atoms with E-state index in [0.29, 0.717) is 4.75 Å². The van der Waals surface area contributed by atoms with Crippen molar-refractivity contribution in [3.8, 4) is 5.75 Å². The lowest BCUT2D eigenvalue weighted by Gasteiger charge is -2.15. The number of nitrogens with zero attached hydrogens (tertiary/aromatic N) is 1. The molecule has 1 aliphatic rings. The molecule has 0 atom stereocenters. The number of nitrogens with one attached hydrogen (secondary N) is 1. The van der Waals surface area contributed by atoms with E-state index in [1.54, 1.807) is 7.11 Å². The van der Waals surface area contributed by atoms with Gasteiger partial charge >= 0.3 is 0 Å². The average Bonchev–Trinajstić information content (AvgIpc) is 3.25. The largest absolute Gasteiger partial charge is 0.497 e. The average molecular weight is 274 g/mol. The predicted octanol–water partition coefficient (Wildman–Crippen LogP) is 3.55. The third-order valence-corrected chi connectivity index (χ3v) is 5.21. The van der Waals surface area contributed by atoms with E-state index in [1.165, 1.54) is 18.2 Å². The van der Waals surface area contributed by atoms with E-state index < -0.39 is 0 Å². The first-order valence-electron chi connectivity index (χ1n) is 6.48. The zero-order valence-corrected chi connectivity index (χ0v) is 12.1. The molecule has 0 aliphatic heterocycles. The van der Waals surface area contributed by atoms with Crippen LogP contribution in [0, 0.1) is 0 Å². The summed E-state index contributed by atoms with van der Waals surface area (Å²) in [6.45, 7) is 0.984. The molecular formula is C15H18N2OS. The van der Waals surface area contributed by atoms with Crippen LogP contribution in [-0.4, -0.2) is 29.6 Å². The van der Waals surface area contributed by atoms with Crippen molar-refractivity contribution in [1.29, 1.82) is 0 Å². The highest BCUT2D eigenvalue weighted by Gasteiger charge is 2.41. The molecule has 1 aromatic heterocycles. The number of benzene rings is 1. The Hall–Kier alpha value is -1.42. The van der Waals surface area contributed by atoms with E-state index in [2.05, 4.69) is 22.6 Å². The van der Waals surface area contributed by atoms with Crippen LogP contribution in [0.1, 0.15) is 12.8 Å². The zero-order valence-electron chi connectivity index (χ0n) is 11.3. The Bertz CT molecular complexity index is 596. The van der Waals surface area contributed by atoms with E-state index in [1.807, 2.05) is 36.2 Å². The smallest absolute Gasteiger partial charge is 0.133 e. The molecule has 1 heterocycles. The van der Waals surface area contributed by atoms with Gasteiger partial charge in [0.1, 0.15) is 11.6 Å². The molecule has 100 valence electrons. The minimum atomic E-state index is 0.433. The summed E-state index contributed by atoms with van der Waals surface area (Å²) in [6, 6.07) is 8.13. The molecule has 1 saturated carbocycles. The van der Waals surface area contributed by atoms with Gasteiger partial charge in [-0.1, -0.05) is 6.07 Å². The Kier molecular flexibility index (Phi) is 3.27. The Morgan fingerprint density at radius 1 is 1.37 bits per heavy atom. The molecule has 1 aromatic carbocycles. The van der Waals surface area contributed by atoms with Gasteiger partial charge in [0, 0.05) is 22.9 Å². The lowest BCUT2D eigenvalue weighted by molar-refractivity contribution is 0.415. The van der Waals surface area contributed by atoms with Crippen molar-refractivity contribution in [1.82, 2.24) is 4.98 Å². The fraction of sp³-hybridized carbons (Fsp3) is 0.400. The van der Waals surface area contributed by atoms with Crippen molar-refractivity contribution >= 4 is 28.4 Å². The Balaban J connectivity index is 1.89. The Labute approximate surface area is 117 Å². The second-order valence-electron chi connectivity index (χ2n) is 4.99. The maximum absolute atomic E-state index is 5.30. The van der Waals surface area contributed by atoms with Crippen molar-refractivity contribution in [2.45, 2.75) is 17.6 Å². The molecule has 0 bridgehead atoms. The third-order valence-electron chi connectivity index (χ3n) is 3.79. The lowest BCUT2D eigenvalue weighted by atomic mass is 10.1. The number of pyridine rings is 1. The number of methoxy groups -OCH3 is 1. The van der Waals surface area contributed by atoms with Gasteiger partial charge in [0.05, 0.1) is 7.11 Å². The summed E-state index contributed by atoms with van der Waals surface area (Å²) in [5.74, 6) is 1.83. The van der Waals surface area contributed by atoms with Crippen LogP contribution in [-0.2, 0) is 0 Å². The highest BCUT2D eigenvalue weighted by Crippen LogP contribution is 2.47. The SMILES string of the molecule is COc1ccc2ccnc(NCC3(SC)CC3)c2c1. The topological polar surface area (TPSA) is 34.1 Å². The maximum Gasteiger partial charge on any atom is 0.133 e. The van der Waals surface area contributed by atoms with E-state index in [-0.39, 0.29) is 0 Å². The highest BCUT2D eigenvalue weighted by molar-refractivity contribution is 8.00. The molecule has 1 aliphatic carbocycles. The first-order chi connectivity index (χ1) is 9.26. The fourth-order valence-corrected chi connectivity index (χ4v) is 2.98. The van der Waals surface area contributed by atoms with Crippen LogP contribution in [0.4, 0.5) is 5.82 Å².